The van der Waals surface area contributed by atoms with E-state index < -0.39 is 24.5 Å². The first kappa shape index (κ1) is 18.6. The number of carbonyl (C=O) groups excluding carboxylic acids is 3. The molecule has 25 heavy (non-hydrogen) atoms. The number of carbonyl (C=O) groups is 3. The molecule has 134 valence electrons. The summed E-state index contributed by atoms with van der Waals surface area (Å²) in [5, 5.41) is 2.71. The minimum atomic E-state index is -0.703. The van der Waals surface area contributed by atoms with Crippen LogP contribution < -0.4 is 14.8 Å². The minimum Gasteiger partial charge on any atom is -0.493 e. The summed E-state index contributed by atoms with van der Waals surface area (Å²) < 4.78 is 15.1. The molecule has 0 radical (unpaired) electrons. The number of amides is 3. The van der Waals surface area contributed by atoms with Crippen molar-refractivity contribution in [3.63, 3.8) is 0 Å². The third-order valence-electron chi connectivity index (χ3n) is 3.33. The quantitative estimate of drug-likeness (QED) is 0.467. The molecule has 0 aliphatic carbocycles. The Morgan fingerprint density at radius 1 is 1.32 bits per heavy atom. The third kappa shape index (κ3) is 4.03. The number of nitrogens with one attached hydrogen (secondary N) is 1. The number of esters is 1. The summed E-state index contributed by atoms with van der Waals surface area (Å²) in [5.41, 5.74) is 0.532. The number of benzene rings is 1. The van der Waals surface area contributed by atoms with Crippen molar-refractivity contribution in [2.75, 3.05) is 27.4 Å². The highest BCUT2D eigenvalue weighted by Gasteiger charge is 2.35. The number of rotatable bonds is 6. The maximum absolute atomic E-state index is 12.3. The first-order chi connectivity index (χ1) is 11.9. The monoisotopic (exact) mass is 368 g/mol. The summed E-state index contributed by atoms with van der Waals surface area (Å²) in [6, 6.07) is 2.49. The summed E-state index contributed by atoms with van der Waals surface area (Å²) in [5.74, 6) is -0.554. The summed E-state index contributed by atoms with van der Waals surface area (Å²) in [6.45, 7) is 1.76. The van der Waals surface area contributed by atoms with Crippen molar-refractivity contribution in [3.8, 4) is 11.5 Å². The number of hydrogen-bond acceptors (Lipinski definition) is 6. The van der Waals surface area contributed by atoms with E-state index in [4.69, 9.17) is 21.1 Å². The molecule has 3 amide bonds. The van der Waals surface area contributed by atoms with E-state index in [1.165, 1.54) is 20.3 Å². The van der Waals surface area contributed by atoms with Crippen molar-refractivity contribution >= 4 is 35.6 Å². The largest absolute Gasteiger partial charge is 0.493 e. The van der Waals surface area contributed by atoms with Crippen molar-refractivity contribution in [2.45, 2.75) is 6.92 Å². The number of nitrogens with zero attached hydrogens (tertiary/aromatic N) is 1. The molecule has 0 aromatic heterocycles. The molecule has 0 unspecified atom stereocenters. The fourth-order valence-electron chi connectivity index (χ4n) is 2.18. The van der Waals surface area contributed by atoms with Crippen LogP contribution in [0.1, 0.15) is 12.5 Å². The van der Waals surface area contributed by atoms with Crippen LogP contribution in [0.2, 0.25) is 5.02 Å². The van der Waals surface area contributed by atoms with Gasteiger partial charge >= 0.3 is 12.0 Å². The smallest absolute Gasteiger partial charge is 0.329 e. The summed E-state index contributed by atoms with van der Waals surface area (Å²) in [4.78, 5) is 36.1. The highest BCUT2D eigenvalue weighted by atomic mass is 35.5. The van der Waals surface area contributed by atoms with Crippen molar-refractivity contribution in [1.82, 2.24) is 10.2 Å². The molecule has 1 heterocycles. The fraction of sp³-hybridized carbons (Fsp3) is 0.312. The number of hydrogen-bond donors (Lipinski definition) is 1. The summed E-state index contributed by atoms with van der Waals surface area (Å²) in [6.07, 6.45) is 1.43. The Kier molecular flexibility index (Phi) is 5.87. The average Bonchev–Trinajstić information content (AvgIpc) is 2.84. The molecule has 1 N–H and O–H groups in total. The third-order valence-corrected chi connectivity index (χ3v) is 3.61. The minimum absolute atomic E-state index is 0.0104. The van der Waals surface area contributed by atoms with Gasteiger partial charge in [0.1, 0.15) is 12.2 Å². The molecule has 1 aromatic carbocycles. The molecule has 1 aliphatic heterocycles. The number of methoxy groups -OCH3 is 2. The normalized spacial score (nSPS) is 15.4. The molecule has 9 heteroatoms. The van der Waals surface area contributed by atoms with E-state index in [0.717, 1.165) is 4.90 Å². The van der Waals surface area contributed by atoms with Gasteiger partial charge in [0, 0.05) is 0 Å². The second kappa shape index (κ2) is 7.89. The zero-order chi connectivity index (χ0) is 18.6. The Morgan fingerprint density at radius 3 is 2.64 bits per heavy atom. The van der Waals surface area contributed by atoms with Crippen LogP contribution in [0.5, 0.6) is 11.5 Å². The Labute approximate surface area is 149 Å². The van der Waals surface area contributed by atoms with Crippen molar-refractivity contribution < 1.29 is 28.6 Å². The van der Waals surface area contributed by atoms with Gasteiger partial charge in [-0.05, 0) is 30.7 Å². The lowest BCUT2D eigenvalue weighted by atomic mass is 10.1. The van der Waals surface area contributed by atoms with Crippen LogP contribution >= 0.6 is 11.6 Å². The highest BCUT2D eigenvalue weighted by Crippen LogP contribution is 2.37. The molecule has 0 bridgehead atoms. The standard InChI is InChI=1S/C16H17ClN2O6/c1-4-25-14-10(17)5-9(7-12(14)23-2)6-11-15(21)19(16(22)18-11)8-13(20)24-3/h5-7H,4,8H2,1-3H3,(H,18,22). The first-order valence-corrected chi connectivity index (χ1v) is 7.70. The van der Waals surface area contributed by atoms with Gasteiger partial charge in [-0.25, -0.2) is 9.69 Å². The van der Waals surface area contributed by atoms with E-state index in [1.54, 1.807) is 12.1 Å². The molecule has 2 rings (SSSR count). The van der Waals surface area contributed by atoms with Crippen LogP contribution in [0.3, 0.4) is 0 Å². The average molecular weight is 369 g/mol. The number of halogens is 1. The van der Waals surface area contributed by atoms with Crippen LogP contribution in [-0.4, -0.2) is 50.2 Å². The van der Waals surface area contributed by atoms with Gasteiger partial charge in [-0.15, -0.1) is 0 Å². The second-order valence-corrected chi connectivity index (χ2v) is 5.33. The highest BCUT2D eigenvalue weighted by molar-refractivity contribution is 6.32. The Hall–Kier alpha value is -2.74. The zero-order valence-electron chi connectivity index (χ0n) is 13.9. The van der Waals surface area contributed by atoms with Gasteiger partial charge in [0.2, 0.25) is 0 Å². The van der Waals surface area contributed by atoms with E-state index in [-0.39, 0.29) is 5.70 Å². The maximum atomic E-state index is 12.3. The van der Waals surface area contributed by atoms with E-state index in [0.29, 0.717) is 28.7 Å². The molecule has 8 nitrogen and oxygen atoms in total. The van der Waals surface area contributed by atoms with Gasteiger partial charge in [0.05, 0.1) is 25.8 Å². The van der Waals surface area contributed by atoms with Crippen LogP contribution in [0, 0.1) is 0 Å². The molecule has 1 saturated heterocycles. The van der Waals surface area contributed by atoms with Crippen LogP contribution in [0.15, 0.2) is 17.8 Å². The molecular weight excluding hydrogens is 352 g/mol. The van der Waals surface area contributed by atoms with Crippen molar-refractivity contribution in [2.24, 2.45) is 0 Å². The number of ether oxygens (including phenoxy) is 3. The van der Waals surface area contributed by atoms with E-state index >= 15 is 0 Å². The van der Waals surface area contributed by atoms with Gasteiger partial charge < -0.3 is 19.5 Å². The van der Waals surface area contributed by atoms with Gasteiger partial charge in [0.15, 0.2) is 11.5 Å². The molecule has 1 aliphatic rings. The summed E-state index contributed by atoms with van der Waals surface area (Å²) in [7, 11) is 2.64. The summed E-state index contributed by atoms with van der Waals surface area (Å²) >= 11 is 6.18. The Morgan fingerprint density at radius 2 is 2.04 bits per heavy atom. The van der Waals surface area contributed by atoms with Gasteiger partial charge in [-0.3, -0.25) is 9.59 Å². The molecule has 0 atom stereocenters. The van der Waals surface area contributed by atoms with E-state index in [9.17, 15) is 14.4 Å². The molecule has 0 spiro atoms. The zero-order valence-corrected chi connectivity index (χ0v) is 14.7. The van der Waals surface area contributed by atoms with Gasteiger partial charge in [-0.1, -0.05) is 11.6 Å². The molecule has 1 aromatic rings. The van der Waals surface area contributed by atoms with Gasteiger partial charge in [-0.2, -0.15) is 0 Å². The lowest BCUT2D eigenvalue weighted by Crippen LogP contribution is -2.36. The Bertz CT molecular complexity index is 746. The number of imide groups is 1. The molecular formula is C16H17ClN2O6. The lowest BCUT2D eigenvalue weighted by Gasteiger charge is -2.12. The van der Waals surface area contributed by atoms with Crippen molar-refractivity contribution in [1.29, 1.82) is 0 Å². The van der Waals surface area contributed by atoms with Crippen LogP contribution in [0.4, 0.5) is 4.79 Å². The van der Waals surface area contributed by atoms with E-state index in [1.807, 2.05) is 6.92 Å². The lowest BCUT2D eigenvalue weighted by molar-refractivity contribution is -0.143. The SMILES string of the molecule is CCOc1c(Cl)cc(C=C2NC(=O)N(CC(=O)OC)C2=O)cc1OC. The van der Waals surface area contributed by atoms with Gasteiger partial charge in [0.25, 0.3) is 5.91 Å². The molecule has 1 fully saturated rings. The van der Waals surface area contributed by atoms with Crippen molar-refractivity contribution in [3.05, 3.63) is 28.4 Å². The fourth-order valence-corrected chi connectivity index (χ4v) is 2.46. The predicted octanol–water partition coefficient (Wildman–Crippen LogP) is 1.81. The topological polar surface area (TPSA) is 94.2 Å². The molecule has 0 saturated carbocycles. The first-order valence-electron chi connectivity index (χ1n) is 7.33. The number of urea groups is 1. The van der Waals surface area contributed by atoms with Crippen LogP contribution in [0.25, 0.3) is 6.08 Å². The second-order valence-electron chi connectivity index (χ2n) is 4.92. The maximum Gasteiger partial charge on any atom is 0.329 e. The van der Waals surface area contributed by atoms with E-state index in [2.05, 4.69) is 10.1 Å². The Balaban J connectivity index is 2.31. The predicted molar refractivity (Wildman–Crippen MR) is 89.4 cm³/mol. The van der Waals surface area contributed by atoms with Crippen LogP contribution in [-0.2, 0) is 14.3 Å².